The molecule has 1 heteroatoms. The molecule has 1 nitrogen and oxygen atoms in total. The lowest BCUT2D eigenvalue weighted by Crippen LogP contribution is -2.16. The lowest BCUT2D eigenvalue weighted by Gasteiger charge is -2.23. The quantitative estimate of drug-likeness (QED) is 0.705. The summed E-state index contributed by atoms with van der Waals surface area (Å²) in [4.78, 5) is 0. The van der Waals surface area contributed by atoms with Crippen LogP contribution in [0.1, 0.15) is 31.9 Å². The van der Waals surface area contributed by atoms with Crippen LogP contribution in [0.4, 0.5) is 11.4 Å². The molecule has 0 fully saturated rings. The fourth-order valence-corrected chi connectivity index (χ4v) is 3.37. The Bertz CT molecular complexity index is 792. The Morgan fingerprint density at radius 1 is 1.00 bits per heavy atom. The van der Waals surface area contributed by atoms with Crippen LogP contribution in [-0.4, -0.2) is 0 Å². The van der Waals surface area contributed by atoms with Crippen molar-refractivity contribution < 1.29 is 0 Å². The summed E-state index contributed by atoms with van der Waals surface area (Å²) in [6.07, 6.45) is 6.30. The van der Waals surface area contributed by atoms with E-state index in [0.29, 0.717) is 0 Å². The number of hydrogen-bond donors (Lipinski definition) is 1. The van der Waals surface area contributed by atoms with E-state index in [1.54, 1.807) is 0 Å². The van der Waals surface area contributed by atoms with Gasteiger partial charge in [-0.05, 0) is 53.5 Å². The monoisotopic (exact) mass is 301 g/mol. The second-order valence-electron chi connectivity index (χ2n) is 6.41. The molecular weight excluding hydrogens is 278 g/mol. The molecule has 0 radical (unpaired) electrons. The van der Waals surface area contributed by atoms with Crippen LogP contribution in [0, 0.1) is 0 Å². The Morgan fingerprint density at radius 3 is 2.39 bits per heavy atom. The van der Waals surface area contributed by atoms with Gasteiger partial charge >= 0.3 is 0 Å². The highest BCUT2D eigenvalue weighted by Gasteiger charge is 2.35. The molecule has 0 aliphatic heterocycles. The minimum Gasteiger partial charge on any atom is -0.356 e. The van der Waals surface area contributed by atoms with Gasteiger partial charge in [-0.15, -0.1) is 0 Å². The number of fused-ring (bicyclic) bond motifs is 1. The smallest absolute Gasteiger partial charge is 0.0387 e. The van der Waals surface area contributed by atoms with Crippen LogP contribution in [0.15, 0.2) is 78.9 Å². The van der Waals surface area contributed by atoms with Crippen LogP contribution < -0.4 is 5.32 Å². The molecule has 0 unspecified atom stereocenters. The van der Waals surface area contributed by atoms with E-state index in [-0.39, 0.29) is 5.41 Å². The first-order valence-corrected chi connectivity index (χ1v) is 8.04. The summed E-state index contributed by atoms with van der Waals surface area (Å²) in [6.45, 7) is 10.7. The molecule has 1 N–H and O–H groups in total. The molecule has 0 aromatic heterocycles. The van der Waals surface area contributed by atoms with Crippen LogP contribution in [0.25, 0.3) is 5.57 Å². The number of anilines is 2. The zero-order valence-electron chi connectivity index (χ0n) is 14.1. The first-order valence-electron chi connectivity index (χ1n) is 8.04. The van der Waals surface area contributed by atoms with E-state index in [9.17, 15) is 0 Å². The molecule has 116 valence electrons. The van der Waals surface area contributed by atoms with E-state index in [0.717, 1.165) is 11.4 Å². The third-order valence-corrected chi connectivity index (χ3v) is 4.55. The zero-order valence-corrected chi connectivity index (χ0v) is 14.1. The molecule has 0 amide bonds. The second-order valence-corrected chi connectivity index (χ2v) is 6.41. The van der Waals surface area contributed by atoms with Crippen molar-refractivity contribution in [1.29, 1.82) is 0 Å². The molecule has 0 heterocycles. The van der Waals surface area contributed by atoms with Gasteiger partial charge < -0.3 is 5.32 Å². The van der Waals surface area contributed by atoms with Crippen molar-refractivity contribution in [2.75, 3.05) is 5.32 Å². The molecule has 1 aliphatic carbocycles. The third-order valence-electron chi connectivity index (χ3n) is 4.55. The number of benzene rings is 2. The van der Waals surface area contributed by atoms with Crippen LogP contribution >= 0.6 is 0 Å². The Hall–Kier alpha value is -2.54. The maximum absolute atomic E-state index is 4.02. The maximum atomic E-state index is 4.02. The van der Waals surface area contributed by atoms with Crippen LogP contribution in [0.3, 0.4) is 0 Å². The number of para-hydroxylation sites is 1. The molecule has 1 aliphatic rings. The SMILES string of the molecule is C=CC1=C(/C=C\C)C(C)(C)c2cc(Nc3ccccc3)ccc21. The summed E-state index contributed by atoms with van der Waals surface area (Å²) in [5, 5.41) is 3.49. The predicted octanol–water partition coefficient (Wildman–Crippen LogP) is 6.24. The van der Waals surface area contributed by atoms with E-state index in [4.69, 9.17) is 0 Å². The average Bonchev–Trinajstić information content (AvgIpc) is 2.76. The average molecular weight is 301 g/mol. The van der Waals surface area contributed by atoms with Crippen molar-refractivity contribution in [3.63, 3.8) is 0 Å². The Labute approximate surface area is 139 Å². The van der Waals surface area contributed by atoms with Gasteiger partial charge in [-0.2, -0.15) is 0 Å². The van der Waals surface area contributed by atoms with Crippen molar-refractivity contribution in [2.24, 2.45) is 0 Å². The number of nitrogens with one attached hydrogen (secondary N) is 1. The van der Waals surface area contributed by atoms with E-state index >= 15 is 0 Å². The summed E-state index contributed by atoms with van der Waals surface area (Å²) in [5.41, 5.74) is 7.43. The molecule has 0 saturated heterocycles. The zero-order chi connectivity index (χ0) is 16.4. The fraction of sp³-hybridized carbons (Fsp3) is 0.182. The van der Waals surface area contributed by atoms with Gasteiger partial charge in [0.05, 0.1) is 0 Å². The molecule has 0 bridgehead atoms. The summed E-state index contributed by atoms with van der Waals surface area (Å²) in [7, 11) is 0. The van der Waals surface area contributed by atoms with Crippen LogP contribution in [-0.2, 0) is 5.41 Å². The Balaban J connectivity index is 2.04. The molecule has 23 heavy (non-hydrogen) atoms. The Kier molecular flexibility index (Phi) is 3.96. The largest absolute Gasteiger partial charge is 0.356 e. The van der Waals surface area contributed by atoms with Gasteiger partial charge in [-0.1, -0.05) is 62.9 Å². The fourth-order valence-electron chi connectivity index (χ4n) is 3.37. The van der Waals surface area contributed by atoms with Crippen molar-refractivity contribution in [3.8, 4) is 0 Å². The molecule has 0 saturated carbocycles. The van der Waals surface area contributed by atoms with Gasteiger partial charge in [0.1, 0.15) is 0 Å². The van der Waals surface area contributed by atoms with E-state index < -0.39 is 0 Å². The summed E-state index contributed by atoms with van der Waals surface area (Å²) >= 11 is 0. The minimum atomic E-state index is -0.0141. The normalized spacial score (nSPS) is 15.8. The standard InChI is InChI=1S/C22H23N/c1-5-10-20-18(6-2)19-14-13-17(15-21(19)22(20,3)4)23-16-11-8-7-9-12-16/h5-15,23H,2H2,1,3-4H3/b10-5-. The highest BCUT2D eigenvalue weighted by Crippen LogP contribution is 2.48. The predicted molar refractivity (Wildman–Crippen MR) is 101 cm³/mol. The topological polar surface area (TPSA) is 12.0 Å². The van der Waals surface area contributed by atoms with E-state index in [1.807, 2.05) is 24.3 Å². The summed E-state index contributed by atoms with van der Waals surface area (Å²) in [5.74, 6) is 0. The van der Waals surface area contributed by atoms with Gasteiger partial charge in [0.2, 0.25) is 0 Å². The van der Waals surface area contributed by atoms with E-state index in [1.165, 1.54) is 22.3 Å². The number of allylic oxidation sites excluding steroid dienone is 5. The molecule has 0 atom stereocenters. The van der Waals surface area contributed by atoms with Crippen molar-refractivity contribution in [2.45, 2.75) is 26.2 Å². The summed E-state index contributed by atoms with van der Waals surface area (Å²) < 4.78 is 0. The lowest BCUT2D eigenvalue weighted by molar-refractivity contribution is 0.654. The Morgan fingerprint density at radius 2 is 1.74 bits per heavy atom. The molecule has 2 aromatic rings. The second kappa shape index (κ2) is 5.92. The number of hydrogen-bond acceptors (Lipinski definition) is 1. The highest BCUT2D eigenvalue weighted by atomic mass is 14.9. The van der Waals surface area contributed by atoms with Gasteiger partial charge in [0, 0.05) is 16.8 Å². The van der Waals surface area contributed by atoms with Crippen molar-refractivity contribution in [3.05, 3.63) is 90.0 Å². The van der Waals surface area contributed by atoms with Gasteiger partial charge in [-0.3, -0.25) is 0 Å². The molecular formula is C22H23N. The van der Waals surface area contributed by atoms with Gasteiger partial charge in [0.15, 0.2) is 0 Å². The minimum absolute atomic E-state index is 0.0141. The van der Waals surface area contributed by atoms with E-state index in [2.05, 4.69) is 75.2 Å². The van der Waals surface area contributed by atoms with Gasteiger partial charge in [-0.25, -0.2) is 0 Å². The lowest BCUT2D eigenvalue weighted by atomic mass is 9.81. The first-order chi connectivity index (χ1) is 11.1. The third kappa shape index (κ3) is 2.63. The molecule has 2 aromatic carbocycles. The number of rotatable bonds is 4. The van der Waals surface area contributed by atoms with Crippen LogP contribution in [0.2, 0.25) is 0 Å². The van der Waals surface area contributed by atoms with Crippen LogP contribution in [0.5, 0.6) is 0 Å². The maximum Gasteiger partial charge on any atom is 0.0387 e. The van der Waals surface area contributed by atoms with Crippen molar-refractivity contribution in [1.82, 2.24) is 0 Å². The first kappa shape index (κ1) is 15.4. The molecule has 3 rings (SSSR count). The summed E-state index contributed by atoms with van der Waals surface area (Å²) in [6, 6.07) is 16.9. The molecule has 0 spiro atoms. The highest BCUT2D eigenvalue weighted by molar-refractivity contribution is 5.88. The van der Waals surface area contributed by atoms with Crippen molar-refractivity contribution >= 4 is 16.9 Å². The van der Waals surface area contributed by atoms with Gasteiger partial charge in [0.25, 0.3) is 0 Å².